The van der Waals surface area contributed by atoms with Gasteiger partial charge >= 0.3 is 0 Å². The zero-order valence-electron chi connectivity index (χ0n) is 15.3. The molecule has 0 unspecified atom stereocenters. The summed E-state index contributed by atoms with van der Waals surface area (Å²) in [6.07, 6.45) is 5.48. The Morgan fingerprint density at radius 2 is 1.74 bits per heavy atom. The lowest BCUT2D eigenvalue weighted by molar-refractivity contribution is -0.123. The quantitative estimate of drug-likeness (QED) is 0.633. The predicted octanol–water partition coefficient (Wildman–Crippen LogP) is 3.03. The van der Waals surface area contributed by atoms with Crippen molar-refractivity contribution in [2.24, 2.45) is 0 Å². The van der Waals surface area contributed by atoms with E-state index in [2.05, 4.69) is 22.4 Å². The summed E-state index contributed by atoms with van der Waals surface area (Å²) in [7, 11) is 0. The molecule has 1 aromatic heterocycles. The molecule has 3 rings (SSSR count). The summed E-state index contributed by atoms with van der Waals surface area (Å²) in [5.41, 5.74) is 2.21. The van der Waals surface area contributed by atoms with Gasteiger partial charge in [-0.2, -0.15) is 0 Å². The minimum absolute atomic E-state index is 0.0528. The average Bonchev–Trinajstić information content (AvgIpc) is 3.20. The standard InChI is InChI=1S/C21H23N3O3/c1-2-26-19-5-3-4-6-20(19)27-15-21(25)23-13-17-7-9-18(10-8-17)14-24-12-11-22-16-24/h3-12,16H,2,13-15H2,1H3,(H,23,25). The van der Waals surface area contributed by atoms with Crippen molar-refractivity contribution < 1.29 is 14.3 Å². The van der Waals surface area contributed by atoms with Gasteiger partial charge in [-0.3, -0.25) is 4.79 Å². The maximum absolute atomic E-state index is 12.1. The van der Waals surface area contributed by atoms with Crippen molar-refractivity contribution in [2.45, 2.75) is 20.0 Å². The van der Waals surface area contributed by atoms with Gasteiger partial charge in [0.25, 0.3) is 5.91 Å². The summed E-state index contributed by atoms with van der Waals surface area (Å²) >= 11 is 0. The van der Waals surface area contributed by atoms with Crippen LogP contribution in [-0.2, 0) is 17.9 Å². The monoisotopic (exact) mass is 365 g/mol. The number of hydrogen-bond donors (Lipinski definition) is 1. The molecule has 0 saturated carbocycles. The van der Waals surface area contributed by atoms with Crippen LogP contribution in [0.2, 0.25) is 0 Å². The molecule has 0 bridgehead atoms. The first-order chi connectivity index (χ1) is 13.2. The van der Waals surface area contributed by atoms with Gasteiger partial charge < -0.3 is 19.4 Å². The Bertz CT molecular complexity index is 845. The zero-order valence-corrected chi connectivity index (χ0v) is 15.3. The number of carbonyl (C=O) groups is 1. The summed E-state index contributed by atoms with van der Waals surface area (Å²) in [4.78, 5) is 16.1. The zero-order chi connectivity index (χ0) is 18.9. The van der Waals surface area contributed by atoms with Crippen molar-refractivity contribution in [3.05, 3.63) is 78.4 Å². The van der Waals surface area contributed by atoms with Gasteiger partial charge in [-0.1, -0.05) is 36.4 Å². The van der Waals surface area contributed by atoms with E-state index in [-0.39, 0.29) is 12.5 Å². The van der Waals surface area contributed by atoms with Crippen molar-refractivity contribution in [3.8, 4) is 11.5 Å². The molecule has 0 aliphatic heterocycles. The molecule has 0 fully saturated rings. The van der Waals surface area contributed by atoms with E-state index < -0.39 is 0 Å². The van der Waals surface area contributed by atoms with Gasteiger partial charge in [-0.25, -0.2) is 4.98 Å². The van der Waals surface area contributed by atoms with E-state index >= 15 is 0 Å². The van der Waals surface area contributed by atoms with Crippen molar-refractivity contribution >= 4 is 5.91 Å². The Balaban J connectivity index is 1.45. The first kappa shape index (κ1) is 18.5. The van der Waals surface area contributed by atoms with Gasteiger partial charge in [0.2, 0.25) is 0 Å². The lowest BCUT2D eigenvalue weighted by Gasteiger charge is -2.12. The fraction of sp³-hybridized carbons (Fsp3) is 0.238. The number of nitrogens with one attached hydrogen (secondary N) is 1. The number of rotatable bonds is 9. The summed E-state index contributed by atoms with van der Waals surface area (Å²) in [6, 6.07) is 15.5. The Morgan fingerprint density at radius 3 is 2.41 bits per heavy atom. The van der Waals surface area contributed by atoms with Crippen LogP contribution in [0.4, 0.5) is 0 Å². The van der Waals surface area contributed by atoms with Crippen molar-refractivity contribution in [3.63, 3.8) is 0 Å². The maximum Gasteiger partial charge on any atom is 0.258 e. The van der Waals surface area contributed by atoms with E-state index in [1.807, 2.05) is 48.0 Å². The van der Waals surface area contributed by atoms with Crippen LogP contribution < -0.4 is 14.8 Å². The Kier molecular flexibility index (Phi) is 6.46. The molecule has 0 atom stereocenters. The van der Waals surface area contributed by atoms with Crippen LogP contribution in [0, 0.1) is 0 Å². The number of benzene rings is 2. The molecule has 1 N–H and O–H groups in total. The molecule has 0 aliphatic rings. The Hall–Kier alpha value is -3.28. The van der Waals surface area contributed by atoms with E-state index in [4.69, 9.17) is 9.47 Å². The van der Waals surface area contributed by atoms with E-state index in [0.717, 1.165) is 12.1 Å². The first-order valence-corrected chi connectivity index (χ1v) is 8.89. The van der Waals surface area contributed by atoms with Crippen molar-refractivity contribution in [2.75, 3.05) is 13.2 Å². The molecule has 3 aromatic rings. The van der Waals surface area contributed by atoms with E-state index in [1.165, 1.54) is 5.56 Å². The van der Waals surface area contributed by atoms with Gasteiger partial charge in [-0.15, -0.1) is 0 Å². The number of hydrogen-bond acceptors (Lipinski definition) is 4. The molecular formula is C21H23N3O3. The Morgan fingerprint density at radius 1 is 1.04 bits per heavy atom. The summed E-state index contributed by atoms with van der Waals surface area (Å²) < 4.78 is 13.1. The molecule has 6 heteroatoms. The minimum Gasteiger partial charge on any atom is -0.490 e. The third-order valence-electron chi connectivity index (χ3n) is 3.94. The third kappa shape index (κ3) is 5.60. The molecule has 0 saturated heterocycles. The van der Waals surface area contributed by atoms with Crippen LogP contribution in [0.5, 0.6) is 11.5 Å². The number of aromatic nitrogens is 2. The molecule has 140 valence electrons. The van der Waals surface area contributed by atoms with Crippen LogP contribution in [-0.4, -0.2) is 28.7 Å². The van der Waals surface area contributed by atoms with Gasteiger partial charge in [0, 0.05) is 25.5 Å². The molecule has 6 nitrogen and oxygen atoms in total. The highest BCUT2D eigenvalue weighted by Gasteiger charge is 2.07. The van der Waals surface area contributed by atoms with Crippen molar-refractivity contribution in [1.29, 1.82) is 0 Å². The lowest BCUT2D eigenvalue weighted by Crippen LogP contribution is -2.28. The predicted molar refractivity (Wildman–Crippen MR) is 103 cm³/mol. The minimum atomic E-state index is -0.177. The molecular weight excluding hydrogens is 342 g/mol. The smallest absolute Gasteiger partial charge is 0.258 e. The second kappa shape index (κ2) is 9.43. The Labute approximate surface area is 158 Å². The number of para-hydroxylation sites is 2. The fourth-order valence-electron chi connectivity index (χ4n) is 2.59. The fourth-order valence-corrected chi connectivity index (χ4v) is 2.59. The maximum atomic E-state index is 12.1. The summed E-state index contributed by atoms with van der Waals surface area (Å²) in [5.74, 6) is 1.03. The van der Waals surface area contributed by atoms with Crippen LogP contribution in [0.3, 0.4) is 0 Å². The molecule has 0 radical (unpaired) electrons. The number of imidazole rings is 1. The third-order valence-corrected chi connectivity index (χ3v) is 3.94. The normalized spacial score (nSPS) is 10.4. The molecule has 1 heterocycles. The molecule has 2 aromatic carbocycles. The first-order valence-electron chi connectivity index (χ1n) is 8.89. The highest BCUT2D eigenvalue weighted by Crippen LogP contribution is 2.26. The molecule has 27 heavy (non-hydrogen) atoms. The van der Waals surface area contributed by atoms with Crippen LogP contribution in [0.25, 0.3) is 0 Å². The second-order valence-electron chi connectivity index (χ2n) is 6.00. The SMILES string of the molecule is CCOc1ccccc1OCC(=O)NCc1ccc(Cn2ccnc2)cc1. The van der Waals surface area contributed by atoms with E-state index in [0.29, 0.717) is 24.7 Å². The van der Waals surface area contributed by atoms with Crippen LogP contribution in [0.1, 0.15) is 18.1 Å². The summed E-state index contributed by atoms with van der Waals surface area (Å²) in [6.45, 7) is 3.64. The van der Waals surface area contributed by atoms with Crippen LogP contribution in [0.15, 0.2) is 67.3 Å². The number of ether oxygens (including phenoxy) is 2. The van der Waals surface area contributed by atoms with Crippen molar-refractivity contribution in [1.82, 2.24) is 14.9 Å². The van der Waals surface area contributed by atoms with Crippen LogP contribution >= 0.6 is 0 Å². The highest BCUT2D eigenvalue weighted by molar-refractivity contribution is 5.77. The van der Waals surface area contributed by atoms with E-state index in [1.54, 1.807) is 18.6 Å². The highest BCUT2D eigenvalue weighted by atomic mass is 16.5. The van der Waals surface area contributed by atoms with Gasteiger partial charge in [0.15, 0.2) is 18.1 Å². The van der Waals surface area contributed by atoms with Gasteiger partial charge in [0.05, 0.1) is 12.9 Å². The van der Waals surface area contributed by atoms with Gasteiger partial charge in [0.1, 0.15) is 0 Å². The topological polar surface area (TPSA) is 65.4 Å². The molecule has 1 amide bonds. The van der Waals surface area contributed by atoms with E-state index in [9.17, 15) is 4.79 Å². The lowest BCUT2D eigenvalue weighted by atomic mass is 10.1. The summed E-state index contributed by atoms with van der Waals surface area (Å²) in [5, 5.41) is 2.87. The second-order valence-corrected chi connectivity index (χ2v) is 6.00. The largest absolute Gasteiger partial charge is 0.490 e. The average molecular weight is 365 g/mol. The molecule has 0 aliphatic carbocycles. The number of carbonyl (C=O) groups excluding carboxylic acids is 1. The molecule has 0 spiro atoms. The number of amides is 1. The number of nitrogens with zero attached hydrogens (tertiary/aromatic N) is 2. The van der Waals surface area contributed by atoms with Gasteiger partial charge in [-0.05, 0) is 30.2 Å².